The second-order valence-electron chi connectivity index (χ2n) is 7.87. The number of hydrogen-bond donors (Lipinski definition) is 0. The lowest BCUT2D eigenvalue weighted by Gasteiger charge is -2.35. The summed E-state index contributed by atoms with van der Waals surface area (Å²) in [6.07, 6.45) is 2.37. The number of benzene rings is 2. The van der Waals surface area contributed by atoms with E-state index in [0.717, 1.165) is 25.5 Å². The van der Waals surface area contributed by atoms with E-state index in [-0.39, 0.29) is 5.92 Å². The van der Waals surface area contributed by atoms with Gasteiger partial charge in [-0.2, -0.15) is 5.26 Å². The lowest BCUT2D eigenvalue weighted by Crippen LogP contribution is -2.36. The predicted molar refractivity (Wildman–Crippen MR) is 110 cm³/mol. The van der Waals surface area contributed by atoms with Crippen molar-refractivity contribution in [2.24, 2.45) is 5.92 Å². The molecule has 2 nitrogen and oxygen atoms in total. The van der Waals surface area contributed by atoms with Crippen molar-refractivity contribution >= 4 is 0 Å². The predicted octanol–water partition coefficient (Wildman–Crippen LogP) is 6.07. The van der Waals surface area contributed by atoms with Crippen LogP contribution in [0.1, 0.15) is 51.2 Å². The highest BCUT2D eigenvalue weighted by molar-refractivity contribution is 5.34. The van der Waals surface area contributed by atoms with Crippen molar-refractivity contribution < 1.29 is 8.78 Å². The third-order valence-corrected chi connectivity index (χ3v) is 5.86. The van der Waals surface area contributed by atoms with Crippen molar-refractivity contribution in [3.8, 4) is 6.07 Å². The number of nitriles is 1. The third-order valence-electron chi connectivity index (χ3n) is 5.86. The molecule has 2 unspecified atom stereocenters. The maximum Gasteiger partial charge on any atom is 0.159 e. The fraction of sp³-hybridized carbons (Fsp3) is 0.458. The highest BCUT2D eigenvalue weighted by atomic mass is 19.2. The van der Waals surface area contributed by atoms with Crippen molar-refractivity contribution in [2.45, 2.75) is 58.0 Å². The molecule has 150 valence electrons. The minimum atomic E-state index is -0.897. The molecule has 4 heteroatoms. The average molecular weight is 385 g/mol. The minimum absolute atomic E-state index is 0.0145. The van der Waals surface area contributed by atoms with Crippen molar-refractivity contribution in [1.29, 1.82) is 5.26 Å². The summed E-state index contributed by atoms with van der Waals surface area (Å²) in [5, 5.41) is 10.0. The van der Waals surface area contributed by atoms with Crippen LogP contribution in [0.4, 0.5) is 8.78 Å². The smallest absolute Gasteiger partial charge is 0.159 e. The second kappa shape index (κ2) is 9.80. The summed E-state index contributed by atoms with van der Waals surface area (Å²) < 4.78 is 27.3. The molecule has 28 heavy (non-hydrogen) atoms. The van der Waals surface area contributed by atoms with Crippen LogP contribution in [-0.4, -0.2) is 18.0 Å². The van der Waals surface area contributed by atoms with E-state index in [0.29, 0.717) is 18.0 Å². The van der Waals surface area contributed by atoms with E-state index in [4.69, 9.17) is 0 Å². The normalized spacial score (nSPS) is 14.7. The third kappa shape index (κ3) is 4.97. The molecular weight excluding hydrogens is 354 g/mol. The first-order valence-corrected chi connectivity index (χ1v) is 9.95. The molecule has 0 fully saturated rings. The Hall–Kier alpha value is -2.25. The van der Waals surface area contributed by atoms with E-state index in [2.05, 4.69) is 37.1 Å². The Morgan fingerprint density at radius 1 is 1.07 bits per heavy atom. The van der Waals surface area contributed by atoms with Crippen molar-refractivity contribution in [3.05, 3.63) is 71.3 Å². The molecule has 0 N–H and O–H groups in total. The summed E-state index contributed by atoms with van der Waals surface area (Å²) in [5.74, 6) is -1.79. The van der Waals surface area contributed by atoms with E-state index in [1.165, 1.54) is 11.6 Å². The molecule has 0 heterocycles. The standard InChI is InChI=1S/C24H30F2N2/c1-5-21(28(4)16-19-9-7-6-8-10-19)13-14-24(17-27,18(2)3)20-11-12-22(25)23(26)15-20/h6-12,15,18,21H,5,13-14,16H2,1-4H3. The van der Waals surface area contributed by atoms with E-state index >= 15 is 0 Å². The summed E-state index contributed by atoms with van der Waals surface area (Å²) in [5.41, 5.74) is 0.971. The lowest BCUT2D eigenvalue weighted by atomic mass is 9.69. The molecule has 2 atom stereocenters. The summed E-state index contributed by atoms with van der Waals surface area (Å²) in [6.45, 7) is 6.93. The molecule has 0 aliphatic heterocycles. The molecule has 0 bridgehead atoms. The van der Waals surface area contributed by atoms with E-state index in [9.17, 15) is 14.0 Å². The first-order valence-electron chi connectivity index (χ1n) is 9.95. The van der Waals surface area contributed by atoms with Crippen molar-refractivity contribution in [1.82, 2.24) is 4.90 Å². The topological polar surface area (TPSA) is 27.0 Å². The molecule has 0 amide bonds. The first kappa shape index (κ1) is 22.0. The van der Waals surface area contributed by atoms with Gasteiger partial charge in [0.2, 0.25) is 0 Å². The van der Waals surface area contributed by atoms with Gasteiger partial charge in [-0.1, -0.05) is 57.2 Å². The molecule has 0 aromatic heterocycles. The Kier molecular flexibility index (Phi) is 7.71. The van der Waals surface area contributed by atoms with Gasteiger partial charge in [0.25, 0.3) is 0 Å². The Labute approximate surface area is 167 Å². The van der Waals surface area contributed by atoms with Crippen LogP contribution in [0.5, 0.6) is 0 Å². The highest BCUT2D eigenvalue weighted by Crippen LogP contribution is 2.38. The van der Waals surface area contributed by atoms with Gasteiger partial charge in [0.05, 0.1) is 11.5 Å². The van der Waals surface area contributed by atoms with Crippen LogP contribution in [-0.2, 0) is 12.0 Å². The molecule has 0 aliphatic rings. The van der Waals surface area contributed by atoms with E-state index in [1.807, 2.05) is 32.0 Å². The zero-order chi connectivity index (χ0) is 20.7. The molecule has 2 aromatic rings. The van der Waals surface area contributed by atoms with Gasteiger partial charge in [0, 0.05) is 12.6 Å². The van der Waals surface area contributed by atoms with Gasteiger partial charge in [-0.05, 0) is 55.5 Å². The highest BCUT2D eigenvalue weighted by Gasteiger charge is 2.37. The SMILES string of the molecule is CCC(CCC(C#N)(c1ccc(F)c(F)c1)C(C)C)N(C)Cc1ccccc1. The van der Waals surface area contributed by atoms with Gasteiger partial charge in [-0.25, -0.2) is 8.78 Å². The van der Waals surface area contributed by atoms with E-state index < -0.39 is 17.0 Å². The molecule has 0 aliphatic carbocycles. The van der Waals surface area contributed by atoms with Crippen LogP contribution in [0.2, 0.25) is 0 Å². The zero-order valence-electron chi connectivity index (χ0n) is 17.3. The Balaban J connectivity index is 2.19. The van der Waals surface area contributed by atoms with Crippen molar-refractivity contribution in [3.63, 3.8) is 0 Å². The van der Waals surface area contributed by atoms with Crippen LogP contribution < -0.4 is 0 Å². The molecule has 0 saturated carbocycles. The number of hydrogen-bond acceptors (Lipinski definition) is 2. The number of halogens is 2. The maximum absolute atomic E-state index is 13.9. The molecule has 0 spiro atoms. The van der Waals surface area contributed by atoms with Crippen LogP contribution >= 0.6 is 0 Å². The Bertz CT molecular complexity index is 798. The number of nitrogens with zero attached hydrogens (tertiary/aromatic N) is 2. The first-order chi connectivity index (χ1) is 13.3. The fourth-order valence-electron chi connectivity index (χ4n) is 3.92. The Morgan fingerprint density at radius 3 is 2.29 bits per heavy atom. The summed E-state index contributed by atoms with van der Waals surface area (Å²) in [7, 11) is 2.10. The average Bonchev–Trinajstić information content (AvgIpc) is 2.68. The minimum Gasteiger partial charge on any atom is -0.299 e. The fourth-order valence-corrected chi connectivity index (χ4v) is 3.92. The summed E-state index contributed by atoms with van der Waals surface area (Å²) >= 11 is 0. The van der Waals surface area contributed by atoms with Gasteiger partial charge in [-0.15, -0.1) is 0 Å². The molecule has 0 radical (unpaired) electrons. The van der Waals surface area contributed by atoms with Gasteiger partial charge in [0.1, 0.15) is 0 Å². The molecule has 0 saturated heterocycles. The van der Waals surface area contributed by atoms with Crippen LogP contribution in [0.25, 0.3) is 0 Å². The molecule has 2 rings (SSSR count). The summed E-state index contributed by atoms with van der Waals surface area (Å²) in [6, 6.07) is 16.9. The second-order valence-corrected chi connectivity index (χ2v) is 7.87. The van der Waals surface area contributed by atoms with Gasteiger partial charge >= 0.3 is 0 Å². The Morgan fingerprint density at radius 2 is 1.75 bits per heavy atom. The van der Waals surface area contributed by atoms with Gasteiger partial charge < -0.3 is 0 Å². The summed E-state index contributed by atoms with van der Waals surface area (Å²) in [4.78, 5) is 2.31. The monoisotopic (exact) mass is 384 g/mol. The van der Waals surface area contributed by atoms with Crippen molar-refractivity contribution in [2.75, 3.05) is 7.05 Å². The van der Waals surface area contributed by atoms with Crippen LogP contribution in [0.15, 0.2) is 48.5 Å². The lowest BCUT2D eigenvalue weighted by molar-refractivity contribution is 0.197. The quantitative estimate of drug-likeness (QED) is 0.524. The largest absolute Gasteiger partial charge is 0.299 e. The van der Waals surface area contributed by atoms with Crippen LogP contribution in [0, 0.1) is 28.9 Å². The van der Waals surface area contributed by atoms with Gasteiger partial charge in [0.15, 0.2) is 11.6 Å². The van der Waals surface area contributed by atoms with E-state index in [1.54, 1.807) is 6.07 Å². The zero-order valence-corrected chi connectivity index (χ0v) is 17.3. The maximum atomic E-state index is 13.9. The molecular formula is C24H30F2N2. The van der Waals surface area contributed by atoms with Crippen LogP contribution in [0.3, 0.4) is 0 Å². The van der Waals surface area contributed by atoms with Gasteiger partial charge in [-0.3, -0.25) is 4.90 Å². The molecule has 2 aromatic carbocycles. The number of rotatable bonds is 9.